The second-order valence-corrected chi connectivity index (χ2v) is 8.93. The average Bonchev–Trinajstić information content (AvgIpc) is 3.20. The van der Waals surface area contributed by atoms with Crippen LogP contribution in [0.4, 0.5) is 5.69 Å². The van der Waals surface area contributed by atoms with E-state index in [1.807, 2.05) is 11.0 Å². The number of aromatic nitrogens is 2. The molecule has 1 N–H and O–H groups in total. The van der Waals surface area contributed by atoms with E-state index in [2.05, 4.69) is 5.32 Å². The van der Waals surface area contributed by atoms with E-state index in [0.29, 0.717) is 70.7 Å². The fraction of sp³-hybridized carbons (Fsp3) is 0.292. The summed E-state index contributed by atoms with van der Waals surface area (Å²) in [5, 5.41) is 4.52. The van der Waals surface area contributed by atoms with Gasteiger partial charge in [0, 0.05) is 40.9 Å². The molecule has 1 fully saturated rings. The predicted octanol–water partition coefficient (Wildman–Crippen LogP) is 3.92. The van der Waals surface area contributed by atoms with Crippen LogP contribution in [0.5, 0.6) is 0 Å². The number of halogens is 2. The van der Waals surface area contributed by atoms with Gasteiger partial charge in [0.05, 0.1) is 30.7 Å². The lowest BCUT2D eigenvalue weighted by Gasteiger charge is -2.25. The summed E-state index contributed by atoms with van der Waals surface area (Å²) in [4.78, 5) is 32.4. The number of carbonyl (C=O) groups is 1. The molecule has 5 rings (SSSR count). The van der Waals surface area contributed by atoms with Crippen LogP contribution < -0.4 is 10.9 Å². The Morgan fingerprint density at radius 2 is 1.88 bits per heavy atom. The summed E-state index contributed by atoms with van der Waals surface area (Å²) < 4.78 is 7.00. The van der Waals surface area contributed by atoms with Gasteiger partial charge in [0.25, 0.3) is 5.56 Å². The monoisotopic (exact) mass is 484 g/mol. The predicted molar refractivity (Wildman–Crippen MR) is 131 cm³/mol. The molecule has 3 heterocycles. The number of benzene rings is 2. The van der Waals surface area contributed by atoms with Crippen LogP contribution in [-0.4, -0.2) is 53.2 Å². The largest absolute Gasteiger partial charge is 0.379 e. The molecule has 0 spiro atoms. The Morgan fingerprint density at radius 1 is 1.12 bits per heavy atom. The molecule has 2 aromatic carbocycles. The number of anilines is 1. The highest BCUT2D eigenvalue weighted by Crippen LogP contribution is 2.33. The van der Waals surface area contributed by atoms with E-state index < -0.39 is 0 Å². The molecule has 33 heavy (non-hydrogen) atoms. The second-order valence-electron chi connectivity index (χ2n) is 8.12. The van der Waals surface area contributed by atoms with Crippen LogP contribution in [0, 0.1) is 0 Å². The van der Waals surface area contributed by atoms with E-state index in [1.165, 1.54) is 0 Å². The lowest BCUT2D eigenvalue weighted by atomic mass is 10.1. The summed E-state index contributed by atoms with van der Waals surface area (Å²) in [5.41, 5.74) is 2.65. The number of hydrogen-bond acceptors (Lipinski definition) is 5. The minimum Gasteiger partial charge on any atom is -0.379 e. The normalized spacial score (nSPS) is 17.5. The van der Waals surface area contributed by atoms with Crippen molar-refractivity contribution < 1.29 is 9.53 Å². The number of amides is 1. The zero-order chi connectivity index (χ0) is 22.9. The number of nitrogens with zero attached hydrogens (tertiary/aromatic N) is 3. The first-order chi connectivity index (χ1) is 16.0. The molecule has 0 unspecified atom stereocenters. The van der Waals surface area contributed by atoms with Gasteiger partial charge in [0.15, 0.2) is 0 Å². The van der Waals surface area contributed by atoms with Crippen LogP contribution in [0.25, 0.3) is 22.6 Å². The highest BCUT2D eigenvalue weighted by Gasteiger charge is 2.22. The van der Waals surface area contributed by atoms with E-state index >= 15 is 0 Å². The fourth-order valence-corrected chi connectivity index (χ4v) is 4.72. The molecule has 1 aromatic heterocycles. The molecule has 2 aliphatic rings. The molecular weight excluding hydrogens is 463 g/mol. The van der Waals surface area contributed by atoms with Crippen molar-refractivity contribution in [3.05, 3.63) is 68.2 Å². The summed E-state index contributed by atoms with van der Waals surface area (Å²) in [6.45, 7) is 3.59. The molecule has 3 aromatic rings. The third kappa shape index (κ3) is 4.54. The summed E-state index contributed by atoms with van der Waals surface area (Å²) in [6, 6.07) is 10.6. The molecule has 9 heteroatoms. The lowest BCUT2D eigenvalue weighted by molar-refractivity contribution is -0.118. The van der Waals surface area contributed by atoms with Crippen molar-refractivity contribution in [3.63, 3.8) is 0 Å². The van der Waals surface area contributed by atoms with Crippen molar-refractivity contribution in [2.75, 3.05) is 38.2 Å². The van der Waals surface area contributed by atoms with Gasteiger partial charge in [-0.15, -0.1) is 0 Å². The summed E-state index contributed by atoms with van der Waals surface area (Å²) in [5.74, 6) is 0.489. The van der Waals surface area contributed by atoms with Crippen molar-refractivity contribution in [2.45, 2.75) is 13.0 Å². The van der Waals surface area contributed by atoms with Gasteiger partial charge in [-0.1, -0.05) is 29.3 Å². The number of hydrogen-bond donors (Lipinski definition) is 1. The molecule has 2 aliphatic heterocycles. The van der Waals surface area contributed by atoms with E-state index in [-0.39, 0.29) is 11.5 Å². The van der Waals surface area contributed by atoms with Gasteiger partial charge in [-0.2, -0.15) is 0 Å². The zero-order valence-corrected chi connectivity index (χ0v) is 19.3. The second kappa shape index (κ2) is 9.27. The minimum atomic E-state index is -0.108. The highest BCUT2D eigenvalue weighted by atomic mass is 35.5. The molecule has 1 amide bonds. The number of nitrogens with one attached hydrogen (secondary N) is 1. The molecular formula is C24H22Cl2N4O3. The molecule has 170 valence electrons. The molecule has 0 radical (unpaired) electrons. The number of ether oxygens (including phenoxy) is 1. The van der Waals surface area contributed by atoms with Gasteiger partial charge in [-0.05, 0) is 48.4 Å². The average molecular weight is 485 g/mol. The Balaban J connectivity index is 1.45. The molecule has 1 saturated heterocycles. The van der Waals surface area contributed by atoms with Crippen LogP contribution in [0.3, 0.4) is 0 Å². The van der Waals surface area contributed by atoms with Crippen molar-refractivity contribution in [3.8, 4) is 0 Å². The quantitative estimate of drug-likeness (QED) is 0.607. The van der Waals surface area contributed by atoms with Gasteiger partial charge in [-0.25, -0.2) is 4.98 Å². The van der Waals surface area contributed by atoms with Gasteiger partial charge in [0.1, 0.15) is 5.82 Å². The van der Waals surface area contributed by atoms with E-state index in [0.717, 1.165) is 18.7 Å². The van der Waals surface area contributed by atoms with Gasteiger partial charge in [0.2, 0.25) is 5.91 Å². The third-order valence-corrected chi connectivity index (χ3v) is 6.58. The van der Waals surface area contributed by atoms with Gasteiger partial charge < -0.3 is 10.1 Å². The van der Waals surface area contributed by atoms with Gasteiger partial charge >= 0.3 is 0 Å². The van der Waals surface area contributed by atoms with Crippen LogP contribution in [0.15, 0.2) is 41.2 Å². The number of fused-ring (bicyclic) bond motifs is 2. The number of rotatable bonds is 4. The maximum atomic E-state index is 13.1. The summed E-state index contributed by atoms with van der Waals surface area (Å²) in [6.07, 6.45) is 2.55. The van der Waals surface area contributed by atoms with E-state index in [4.69, 9.17) is 32.9 Å². The minimum absolute atomic E-state index is 0.102. The Hall–Kier alpha value is -2.71. The maximum Gasteiger partial charge on any atom is 0.261 e. The van der Waals surface area contributed by atoms with Gasteiger partial charge in [-0.3, -0.25) is 19.1 Å². The highest BCUT2D eigenvalue weighted by molar-refractivity contribution is 6.37. The van der Waals surface area contributed by atoms with Crippen molar-refractivity contribution in [2.24, 2.45) is 0 Å². The molecule has 0 bridgehead atoms. The van der Waals surface area contributed by atoms with Crippen LogP contribution >= 0.6 is 23.2 Å². The first-order valence-corrected chi connectivity index (χ1v) is 11.5. The SMILES string of the molecule is O=C(CN1CCOCC1)Nc1ccc2c(=O)n3c(nc2c1)C(=Cc1c(Cl)cccc1Cl)CC3. The standard InChI is InChI=1S/C24H22Cl2N4O3/c25-19-2-1-3-20(26)18(19)12-15-6-7-30-23(15)28-21-13-16(4-5-17(21)24(30)32)27-22(31)14-29-8-10-33-11-9-29/h1-5,12-13H,6-11,14H2,(H,27,31). The van der Waals surface area contributed by atoms with Crippen molar-refractivity contribution >= 4 is 57.3 Å². The zero-order valence-electron chi connectivity index (χ0n) is 17.8. The Bertz CT molecular complexity index is 1310. The Morgan fingerprint density at radius 3 is 2.64 bits per heavy atom. The molecule has 0 aliphatic carbocycles. The fourth-order valence-electron chi connectivity index (χ4n) is 4.22. The van der Waals surface area contributed by atoms with E-state index in [9.17, 15) is 9.59 Å². The smallest absolute Gasteiger partial charge is 0.261 e. The number of morpholine rings is 1. The van der Waals surface area contributed by atoms with Crippen molar-refractivity contribution in [1.29, 1.82) is 0 Å². The topological polar surface area (TPSA) is 76.5 Å². The first kappa shape index (κ1) is 22.1. The molecule has 0 saturated carbocycles. The Labute approximate surface area is 200 Å². The summed E-state index contributed by atoms with van der Waals surface area (Å²) in [7, 11) is 0. The van der Waals surface area contributed by atoms with Crippen LogP contribution in [-0.2, 0) is 16.1 Å². The van der Waals surface area contributed by atoms with Crippen molar-refractivity contribution in [1.82, 2.24) is 14.5 Å². The van der Waals surface area contributed by atoms with E-state index in [1.54, 1.807) is 41.0 Å². The van der Waals surface area contributed by atoms with Crippen LogP contribution in [0.2, 0.25) is 10.0 Å². The number of allylic oxidation sites excluding steroid dienone is 1. The lowest BCUT2D eigenvalue weighted by Crippen LogP contribution is -2.41. The Kier molecular flexibility index (Phi) is 6.21. The number of carbonyl (C=O) groups excluding carboxylic acids is 1. The summed E-state index contributed by atoms with van der Waals surface area (Å²) >= 11 is 12.7. The van der Waals surface area contributed by atoms with Crippen LogP contribution in [0.1, 0.15) is 17.8 Å². The first-order valence-electron chi connectivity index (χ1n) is 10.8. The molecule has 0 atom stereocenters. The maximum absolute atomic E-state index is 13.1. The third-order valence-electron chi connectivity index (χ3n) is 5.92. The molecule has 7 nitrogen and oxygen atoms in total.